The maximum Gasteiger partial charge on any atom is 0.316 e. The van der Waals surface area contributed by atoms with E-state index in [2.05, 4.69) is 20.0 Å². The molecule has 0 amide bonds. The number of aryl methyl sites for hydroxylation is 1. The lowest BCUT2D eigenvalue weighted by atomic mass is 10.4. The molecule has 0 spiro atoms. The highest BCUT2D eigenvalue weighted by Gasteiger charge is 2.13. The van der Waals surface area contributed by atoms with Gasteiger partial charge in [-0.15, -0.1) is 10.2 Å². The van der Waals surface area contributed by atoms with Crippen LogP contribution >= 0.6 is 11.8 Å². The van der Waals surface area contributed by atoms with Gasteiger partial charge >= 0.3 is 5.97 Å². The van der Waals surface area contributed by atoms with Crippen LogP contribution in [-0.4, -0.2) is 38.8 Å². The fraction of sp³-hybridized carbons (Fsp3) is 0.400. The van der Waals surface area contributed by atoms with Gasteiger partial charge in [0.25, 0.3) is 11.1 Å². The molecule has 0 saturated heterocycles. The zero-order chi connectivity index (χ0) is 13.0. The predicted molar refractivity (Wildman–Crippen MR) is 63.9 cm³/mol. The lowest BCUT2D eigenvalue weighted by molar-refractivity contribution is -0.137. The maximum atomic E-state index is 11.0. The molecule has 2 aromatic rings. The highest BCUT2D eigenvalue weighted by Crippen LogP contribution is 2.21. The Bertz CT molecular complexity index is 537. The Morgan fingerprint density at radius 1 is 1.56 bits per heavy atom. The van der Waals surface area contributed by atoms with Gasteiger partial charge < -0.3 is 9.15 Å². The van der Waals surface area contributed by atoms with Gasteiger partial charge in [-0.25, -0.2) is 0 Å². The van der Waals surface area contributed by atoms with Crippen LogP contribution in [0.2, 0.25) is 0 Å². The number of nitrogens with zero attached hydrogens (tertiary/aromatic N) is 4. The van der Waals surface area contributed by atoms with Crippen molar-refractivity contribution >= 4 is 17.7 Å². The third kappa shape index (κ3) is 2.89. The Balaban J connectivity index is 2.03. The minimum atomic E-state index is -0.338. The summed E-state index contributed by atoms with van der Waals surface area (Å²) in [5.41, 5.74) is 0.620. The Morgan fingerprint density at radius 3 is 3.06 bits per heavy atom. The summed E-state index contributed by atoms with van der Waals surface area (Å²) >= 11 is 1.13. The molecule has 0 unspecified atom stereocenters. The fourth-order valence-electron chi connectivity index (χ4n) is 1.20. The van der Waals surface area contributed by atoms with E-state index in [0.29, 0.717) is 16.8 Å². The van der Waals surface area contributed by atoms with Gasteiger partial charge in [0.05, 0.1) is 7.11 Å². The third-order valence-corrected chi connectivity index (χ3v) is 2.92. The number of hydrogen-bond donors (Lipinski definition) is 0. The van der Waals surface area contributed by atoms with Gasteiger partial charge in [-0.1, -0.05) is 11.8 Å². The molecule has 0 saturated carbocycles. The van der Waals surface area contributed by atoms with Gasteiger partial charge in [-0.3, -0.25) is 9.48 Å². The van der Waals surface area contributed by atoms with Gasteiger partial charge in [0.15, 0.2) is 0 Å². The number of ether oxygens (including phenoxy) is 1. The second kappa shape index (κ2) is 5.67. The summed E-state index contributed by atoms with van der Waals surface area (Å²) in [5, 5.41) is 12.3. The maximum absolute atomic E-state index is 11.0. The quantitative estimate of drug-likeness (QED) is 0.595. The molecule has 0 bridgehead atoms. The summed E-state index contributed by atoms with van der Waals surface area (Å²) in [5.74, 6) is 0.145. The van der Waals surface area contributed by atoms with Crippen LogP contribution in [0.15, 0.2) is 21.9 Å². The normalized spacial score (nSPS) is 10.6. The Hall–Kier alpha value is -1.83. The predicted octanol–water partition coefficient (Wildman–Crippen LogP) is 1.22. The van der Waals surface area contributed by atoms with Crippen molar-refractivity contribution in [2.75, 3.05) is 12.9 Å². The van der Waals surface area contributed by atoms with Crippen LogP contribution in [0.1, 0.15) is 6.92 Å². The molecule has 0 aliphatic rings. The SMILES string of the molecule is CCn1ccc(-c2nnc(SCC(=O)OC)o2)n1. The van der Waals surface area contributed by atoms with Crippen molar-refractivity contribution in [2.24, 2.45) is 0 Å². The van der Waals surface area contributed by atoms with Crippen molar-refractivity contribution in [1.82, 2.24) is 20.0 Å². The summed E-state index contributed by atoms with van der Waals surface area (Å²) in [6.07, 6.45) is 1.83. The van der Waals surface area contributed by atoms with E-state index in [9.17, 15) is 4.79 Å². The minimum absolute atomic E-state index is 0.140. The van der Waals surface area contributed by atoms with E-state index in [4.69, 9.17) is 4.42 Å². The van der Waals surface area contributed by atoms with Crippen LogP contribution in [0.4, 0.5) is 0 Å². The van der Waals surface area contributed by atoms with Crippen molar-refractivity contribution in [1.29, 1.82) is 0 Å². The first kappa shape index (κ1) is 12.6. The number of hydrogen-bond acceptors (Lipinski definition) is 7. The van der Waals surface area contributed by atoms with E-state index in [0.717, 1.165) is 18.3 Å². The first-order valence-electron chi connectivity index (χ1n) is 5.30. The van der Waals surface area contributed by atoms with Crippen LogP contribution in [0, 0.1) is 0 Å². The Kier molecular flexibility index (Phi) is 3.98. The van der Waals surface area contributed by atoms with Gasteiger partial charge in [0.2, 0.25) is 0 Å². The monoisotopic (exact) mass is 268 g/mol. The fourth-order valence-corrected chi connectivity index (χ4v) is 1.80. The molecule has 2 rings (SSSR count). The van der Waals surface area contributed by atoms with Crippen LogP contribution in [-0.2, 0) is 16.1 Å². The number of methoxy groups -OCH3 is 1. The Morgan fingerprint density at radius 2 is 2.39 bits per heavy atom. The summed E-state index contributed by atoms with van der Waals surface area (Å²) in [7, 11) is 1.33. The first-order valence-corrected chi connectivity index (χ1v) is 6.28. The van der Waals surface area contributed by atoms with E-state index in [1.54, 1.807) is 10.7 Å². The van der Waals surface area contributed by atoms with Crippen molar-refractivity contribution in [2.45, 2.75) is 18.7 Å². The molecular weight excluding hydrogens is 256 g/mol. The summed E-state index contributed by atoms with van der Waals surface area (Å²) < 4.78 is 11.7. The number of thioether (sulfide) groups is 1. The van der Waals surface area contributed by atoms with E-state index in [-0.39, 0.29) is 11.7 Å². The number of carbonyl (C=O) groups excluding carboxylic acids is 1. The number of aromatic nitrogens is 4. The van der Waals surface area contributed by atoms with Crippen LogP contribution in [0.5, 0.6) is 0 Å². The second-order valence-electron chi connectivity index (χ2n) is 3.29. The molecule has 0 aliphatic carbocycles. The van der Waals surface area contributed by atoms with Gasteiger partial charge in [0.1, 0.15) is 11.4 Å². The van der Waals surface area contributed by atoms with Crippen molar-refractivity contribution in [3.63, 3.8) is 0 Å². The lowest BCUT2D eigenvalue weighted by Gasteiger charge is -1.94. The minimum Gasteiger partial charge on any atom is -0.468 e. The van der Waals surface area contributed by atoms with Gasteiger partial charge in [0, 0.05) is 12.7 Å². The molecule has 0 atom stereocenters. The zero-order valence-corrected chi connectivity index (χ0v) is 10.8. The zero-order valence-electron chi connectivity index (χ0n) is 9.99. The van der Waals surface area contributed by atoms with E-state index in [1.165, 1.54) is 7.11 Å². The van der Waals surface area contributed by atoms with Crippen LogP contribution in [0.3, 0.4) is 0 Å². The van der Waals surface area contributed by atoms with Gasteiger partial charge in [-0.2, -0.15) is 5.10 Å². The highest BCUT2D eigenvalue weighted by molar-refractivity contribution is 7.99. The van der Waals surface area contributed by atoms with Crippen molar-refractivity contribution in [3.8, 4) is 11.6 Å². The Labute approximate surface area is 108 Å². The molecule has 0 N–H and O–H groups in total. The van der Waals surface area contributed by atoms with Crippen molar-refractivity contribution in [3.05, 3.63) is 12.3 Å². The average Bonchev–Trinajstić information content (AvgIpc) is 3.03. The van der Waals surface area contributed by atoms with Crippen molar-refractivity contribution < 1.29 is 13.9 Å². The molecule has 7 nitrogen and oxygen atoms in total. The average molecular weight is 268 g/mol. The largest absolute Gasteiger partial charge is 0.468 e. The number of esters is 1. The first-order chi connectivity index (χ1) is 8.72. The summed E-state index contributed by atoms with van der Waals surface area (Å²) in [6, 6.07) is 1.80. The van der Waals surface area contributed by atoms with E-state index in [1.807, 2.05) is 13.1 Å². The molecule has 0 radical (unpaired) electrons. The van der Waals surface area contributed by atoms with Crippen LogP contribution < -0.4 is 0 Å². The standard InChI is InChI=1S/C10H12N4O3S/c1-3-14-5-4-7(13-14)9-11-12-10(17-9)18-6-8(15)16-2/h4-5H,3,6H2,1-2H3. The highest BCUT2D eigenvalue weighted by atomic mass is 32.2. The topological polar surface area (TPSA) is 83.0 Å². The molecule has 2 aromatic heterocycles. The molecule has 96 valence electrons. The molecular formula is C10H12N4O3S. The van der Waals surface area contributed by atoms with E-state index >= 15 is 0 Å². The second-order valence-corrected chi connectivity index (χ2v) is 4.22. The number of rotatable bonds is 5. The molecule has 18 heavy (non-hydrogen) atoms. The smallest absolute Gasteiger partial charge is 0.316 e. The van der Waals surface area contributed by atoms with Crippen LogP contribution in [0.25, 0.3) is 11.6 Å². The molecule has 0 aliphatic heterocycles. The van der Waals surface area contributed by atoms with Gasteiger partial charge in [-0.05, 0) is 13.0 Å². The molecule has 8 heteroatoms. The lowest BCUT2D eigenvalue weighted by Crippen LogP contribution is -2.02. The van der Waals surface area contributed by atoms with E-state index < -0.39 is 0 Å². The third-order valence-electron chi connectivity index (χ3n) is 2.13. The summed E-state index contributed by atoms with van der Waals surface area (Å²) in [6.45, 7) is 2.76. The molecule has 2 heterocycles. The molecule has 0 fully saturated rings. The number of carbonyl (C=O) groups is 1. The summed E-state index contributed by atoms with van der Waals surface area (Å²) in [4.78, 5) is 11.0. The molecule has 0 aromatic carbocycles.